The molecule has 1 saturated heterocycles. The maximum Gasteiger partial charge on any atom is 0.244 e. The Bertz CT molecular complexity index is 661. The van der Waals surface area contributed by atoms with E-state index < -0.39 is 16.1 Å². The molecule has 0 aromatic carbocycles. The number of nitrogens with one attached hydrogen (secondary N) is 3. The zero-order chi connectivity index (χ0) is 16.5. The number of aromatic nitrogens is 2. The van der Waals surface area contributed by atoms with E-state index in [0.717, 1.165) is 13.0 Å². The third-order valence-corrected chi connectivity index (χ3v) is 5.64. The smallest absolute Gasteiger partial charge is 0.244 e. The zero-order valence-corrected chi connectivity index (χ0v) is 14.1. The molecule has 2 atom stereocenters. The van der Waals surface area contributed by atoms with Gasteiger partial charge in [0.15, 0.2) is 0 Å². The largest absolute Gasteiger partial charge is 0.351 e. The molecule has 1 aliphatic rings. The molecule has 9 heteroatoms. The lowest BCUT2D eigenvalue weighted by Crippen LogP contribution is -2.48. The molecule has 1 aliphatic heterocycles. The van der Waals surface area contributed by atoms with Gasteiger partial charge in [0.25, 0.3) is 0 Å². The number of hydrogen-bond acceptors (Lipinski definition) is 5. The molecule has 22 heavy (non-hydrogen) atoms. The summed E-state index contributed by atoms with van der Waals surface area (Å²) in [6.45, 7) is 6.43. The van der Waals surface area contributed by atoms with Gasteiger partial charge in [0.1, 0.15) is 4.90 Å². The second-order valence-electron chi connectivity index (χ2n) is 5.66. The molecule has 0 spiro atoms. The van der Waals surface area contributed by atoms with Crippen LogP contribution in [-0.2, 0) is 21.9 Å². The van der Waals surface area contributed by atoms with Crippen LogP contribution in [0.4, 0.5) is 0 Å². The van der Waals surface area contributed by atoms with Crippen LogP contribution in [0.15, 0.2) is 4.90 Å². The van der Waals surface area contributed by atoms with E-state index in [9.17, 15) is 13.2 Å². The predicted molar refractivity (Wildman–Crippen MR) is 81.9 cm³/mol. The highest BCUT2D eigenvalue weighted by Gasteiger charge is 2.28. The van der Waals surface area contributed by atoms with Gasteiger partial charge >= 0.3 is 0 Å². The van der Waals surface area contributed by atoms with Crippen molar-refractivity contribution in [2.24, 2.45) is 7.05 Å². The Hall–Kier alpha value is -1.45. The molecule has 0 bridgehead atoms. The van der Waals surface area contributed by atoms with Crippen LogP contribution in [0.1, 0.15) is 24.7 Å². The number of nitrogens with zero attached hydrogens (tertiary/aromatic N) is 2. The molecule has 0 radical (unpaired) electrons. The van der Waals surface area contributed by atoms with Gasteiger partial charge in [-0.2, -0.15) is 9.82 Å². The van der Waals surface area contributed by atoms with E-state index in [4.69, 9.17) is 0 Å². The lowest BCUT2D eigenvalue weighted by Gasteiger charge is -2.17. The van der Waals surface area contributed by atoms with Gasteiger partial charge in [0.2, 0.25) is 15.9 Å². The van der Waals surface area contributed by atoms with Crippen LogP contribution in [0.25, 0.3) is 0 Å². The van der Waals surface area contributed by atoms with Crippen LogP contribution >= 0.6 is 0 Å². The fourth-order valence-corrected chi connectivity index (χ4v) is 4.23. The van der Waals surface area contributed by atoms with Crippen LogP contribution in [0, 0.1) is 13.8 Å². The van der Waals surface area contributed by atoms with Crippen LogP contribution in [-0.4, -0.2) is 49.3 Å². The molecule has 2 heterocycles. The molecule has 8 nitrogen and oxygen atoms in total. The van der Waals surface area contributed by atoms with Crippen molar-refractivity contribution in [2.45, 2.75) is 44.2 Å². The Morgan fingerprint density at radius 3 is 2.64 bits per heavy atom. The van der Waals surface area contributed by atoms with Crippen molar-refractivity contribution in [1.29, 1.82) is 0 Å². The molecule has 1 aromatic rings. The second-order valence-corrected chi connectivity index (χ2v) is 7.32. The lowest BCUT2D eigenvalue weighted by atomic mass is 10.2. The third-order valence-electron chi connectivity index (χ3n) is 3.84. The number of rotatable bonds is 5. The molecule has 2 rings (SSSR count). The van der Waals surface area contributed by atoms with Crippen molar-refractivity contribution >= 4 is 15.9 Å². The van der Waals surface area contributed by atoms with E-state index in [1.807, 2.05) is 0 Å². The monoisotopic (exact) mass is 329 g/mol. The Balaban J connectivity index is 2.09. The molecule has 1 aromatic heterocycles. The number of aryl methyl sites for hydroxylation is 2. The molecule has 1 amide bonds. The van der Waals surface area contributed by atoms with Gasteiger partial charge < -0.3 is 10.6 Å². The zero-order valence-electron chi connectivity index (χ0n) is 13.3. The number of amides is 1. The summed E-state index contributed by atoms with van der Waals surface area (Å²) in [5.74, 6) is -0.323. The van der Waals surface area contributed by atoms with Crippen molar-refractivity contribution in [1.82, 2.24) is 25.1 Å². The molecule has 3 N–H and O–H groups in total. The Morgan fingerprint density at radius 2 is 2.14 bits per heavy atom. The van der Waals surface area contributed by atoms with Crippen LogP contribution < -0.4 is 15.4 Å². The van der Waals surface area contributed by atoms with Crippen LogP contribution in [0.2, 0.25) is 0 Å². The van der Waals surface area contributed by atoms with Gasteiger partial charge in [-0.1, -0.05) is 0 Å². The first-order chi connectivity index (χ1) is 10.2. The van der Waals surface area contributed by atoms with Crippen molar-refractivity contribution in [3.05, 3.63) is 11.4 Å². The van der Waals surface area contributed by atoms with E-state index in [1.54, 1.807) is 20.9 Å². The second kappa shape index (κ2) is 6.35. The van der Waals surface area contributed by atoms with Gasteiger partial charge in [-0.25, -0.2) is 8.42 Å². The van der Waals surface area contributed by atoms with Crippen molar-refractivity contribution in [3.63, 3.8) is 0 Å². The Labute approximate surface area is 130 Å². The van der Waals surface area contributed by atoms with Gasteiger partial charge in [-0.15, -0.1) is 0 Å². The molecule has 0 saturated carbocycles. The highest BCUT2D eigenvalue weighted by Crippen LogP contribution is 2.18. The maximum absolute atomic E-state index is 12.5. The summed E-state index contributed by atoms with van der Waals surface area (Å²) < 4.78 is 28.9. The van der Waals surface area contributed by atoms with Crippen molar-refractivity contribution in [2.75, 3.05) is 13.1 Å². The third kappa shape index (κ3) is 3.47. The lowest BCUT2D eigenvalue weighted by molar-refractivity contribution is -0.122. The molecule has 1 fully saturated rings. The highest BCUT2D eigenvalue weighted by molar-refractivity contribution is 7.89. The first-order valence-corrected chi connectivity index (χ1v) is 8.74. The van der Waals surface area contributed by atoms with Crippen molar-refractivity contribution < 1.29 is 13.2 Å². The fraction of sp³-hybridized carbons (Fsp3) is 0.692. The summed E-state index contributed by atoms with van der Waals surface area (Å²) in [5.41, 5.74) is 0.956. The SMILES string of the molecule is Cc1nn(C)c(C)c1S(=O)(=O)NC(C)C(=O)NC1CCNC1. The minimum atomic E-state index is -3.79. The van der Waals surface area contributed by atoms with E-state index in [1.165, 1.54) is 11.6 Å². The minimum absolute atomic E-state index is 0.0568. The molecule has 2 unspecified atom stereocenters. The van der Waals surface area contributed by atoms with E-state index in [0.29, 0.717) is 17.9 Å². The number of carbonyl (C=O) groups is 1. The van der Waals surface area contributed by atoms with Gasteiger partial charge in [0, 0.05) is 19.6 Å². The standard InChI is InChI=1S/C13H23N5O3S/c1-8-12(10(3)18(4)16-8)22(20,21)17-9(2)13(19)15-11-5-6-14-7-11/h9,11,14,17H,5-7H2,1-4H3,(H,15,19). The quantitative estimate of drug-likeness (QED) is 0.655. The summed E-state index contributed by atoms with van der Waals surface area (Å²) in [6, 6.07) is -0.786. The van der Waals surface area contributed by atoms with E-state index in [-0.39, 0.29) is 16.8 Å². The van der Waals surface area contributed by atoms with Crippen molar-refractivity contribution in [3.8, 4) is 0 Å². The Morgan fingerprint density at radius 1 is 1.45 bits per heavy atom. The number of hydrogen-bond donors (Lipinski definition) is 3. The van der Waals surface area contributed by atoms with Crippen LogP contribution in [0.3, 0.4) is 0 Å². The van der Waals surface area contributed by atoms with E-state index in [2.05, 4.69) is 20.5 Å². The van der Waals surface area contributed by atoms with Crippen LogP contribution in [0.5, 0.6) is 0 Å². The Kier molecular flexibility index (Phi) is 4.88. The molecular formula is C13H23N5O3S. The molecular weight excluding hydrogens is 306 g/mol. The fourth-order valence-electron chi connectivity index (χ4n) is 2.59. The maximum atomic E-state index is 12.5. The van der Waals surface area contributed by atoms with Gasteiger partial charge in [-0.05, 0) is 33.7 Å². The van der Waals surface area contributed by atoms with Gasteiger partial charge in [0.05, 0.1) is 17.4 Å². The first kappa shape index (κ1) is 16.9. The highest BCUT2D eigenvalue weighted by atomic mass is 32.2. The topological polar surface area (TPSA) is 105 Å². The summed E-state index contributed by atoms with van der Waals surface area (Å²) >= 11 is 0. The van der Waals surface area contributed by atoms with Gasteiger partial charge in [-0.3, -0.25) is 9.48 Å². The normalized spacial score (nSPS) is 20.1. The summed E-state index contributed by atoms with van der Waals surface area (Å²) in [4.78, 5) is 12.2. The average molecular weight is 329 g/mol. The average Bonchev–Trinajstić information content (AvgIpc) is 2.98. The molecule has 0 aliphatic carbocycles. The first-order valence-electron chi connectivity index (χ1n) is 7.26. The predicted octanol–water partition coefficient (Wildman–Crippen LogP) is -0.818. The summed E-state index contributed by atoms with van der Waals surface area (Å²) in [6.07, 6.45) is 0.853. The minimum Gasteiger partial charge on any atom is -0.351 e. The number of carbonyl (C=O) groups excluding carboxylic acids is 1. The summed E-state index contributed by atoms with van der Waals surface area (Å²) in [5, 5.41) is 10.1. The summed E-state index contributed by atoms with van der Waals surface area (Å²) in [7, 11) is -2.10. The van der Waals surface area contributed by atoms with E-state index >= 15 is 0 Å². The molecule has 124 valence electrons. The number of sulfonamides is 1.